The van der Waals surface area contributed by atoms with Gasteiger partial charge in [0, 0.05) is 25.9 Å². The van der Waals surface area contributed by atoms with Crippen LogP contribution in [0.1, 0.15) is 24.0 Å². The predicted octanol–water partition coefficient (Wildman–Crippen LogP) is 1.89. The molecule has 1 aromatic carbocycles. The third-order valence-corrected chi connectivity index (χ3v) is 2.72. The first-order valence-electron chi connectivity index (χ1n) is 6.46. The van der Waals surface area contributed by atoms with E-state index in [1.807, 2.05) is 0 Å². The molecule has 0 atom stereocenters. The van der Waals surface area contributed by atoms with Crippen LogP contribution >= 0.6 is 0 Å². The molecule has 4 nitrogen and oxygen atoms in total. The Hall–Kier alpha value is -2.49. The Balaban J connectivity index is 2.42. The minimum atomic E-state index is -4.89. The molecule has 0 fully saturated rings. The van der Waals surface area contributed by atoms with Crippen LogP contribution in [0.4, 0.5) is 13.2 Å². The number of hydrogen-bond acceptors (Lipinski definition) is 2. The van der Waals surface area contributed by atoms with Gasteiger partial charge in [0.2, 0.25) is 5.91 Å². The Morgan fingerprint density at radius 1 is 1.05 bits per heavy atom. The maximum Gasteiger partial charge on any atom is 0.471 e. The lowest BCUT2D eigenvalue weighted by atomic mass is 10.1. The average Bonchev–Trinajstić information content (AvgIpc) is 2.48. The van der Waals surface area contributed by atoms with E-state index in [0.29, 0.717) is 18.5 Å². The second-order valence-corrected chi connectivity index (χ2v) is 4.48. The second-order valence-electron chi connectivity index (χ2n) is 4.48. The van der Waals surface area contributed by atoms with Crippen LogP contribution in [-0.4, -0.2) is 18.0 Å². The summed E-state index contributed by atoms with van der Waals surface area (Å²) in [5.74, 6) is 0.221. The van der Waals surface area contributed by atoms with Crippen LogP contribution in [0.15, 0.2) is 24.3 Å². The van der Waals surface area contributed by atoms with Crippen molar-refractivity contribution in [3.8, 4) is 12.3 Å². The summed E-state index contributed by atoms with van der Waals surface area (Å²) in [5, 5.41) is 4.45. The summed E-state index contributed by atoms with van der Waals surface area (Å²) in [5.41, 5.74) is 1.32. The van der Waals surface area contributed by atoms with Gasteiger partial charge in [-0.2, -0.15) is 13.2 Å². The van der Waals surface area contributed by atoms with Crippen molar-refractivity contribution < 1.29 is 22.8 Å². The third-order valence-electron chi connectivity index (χ3n) is 2.72. The first-order valence-corrected chi connectivity index (χ1v) is 6.46. The number of carbonyl (C=O) groups excluding carboxylic acids is 2. The fourth-order valence-electron chi connectivity index (χ4n) is 1.53. The van der Waals surface area contributed by atoms with Crippen LogP contribution in [0.2, 0.25) is 0 Å². The predicted molar refractivity (Wildman–Crippen MR) is 74.3 cm³/mol. The van der Waals surface area contributed by atoms with Gasteiger partial charge in [-0.25, -0.2) is 0 Å². The molecule has 0 saturated carbocycles. The summed E-state index contributed by atoms with van der Waals surface area (Å²) in [4.78, 5) is 22.0. The van der Waals surface area contributed by atoms with E-state index in [4.69, 9.17) is 6.42 Å². The van der Waals surface area contributed by atoms with Crippen LogP contribution in [0.5, 0.6) is 0 Å². The molecule has 0 spiro atoms. The van der Waals surface area contributed by atoms with E-state index < -0.39 is 12.1 Å². The number of rotatable bonds is 6. The summed E-state index contributed by atoms with van der Waals surface area (Å²) in [7, 11) is 0. The molecule has 0 aromatic heterocycles. The molecule has 22 heavy (non-hydrogen) atoms. The zero-order valence-electron chi connectivity index (χ0n) is 11.7. The van der Waals surface area contributed by atoms with E-state index in [-0.39, 0.29) is 18.9 Å². The molecule has 0 unspecified atom stereocenters. The Morgan fingerprint density at radius 3 is 2.00 bits per heavy atom. The highest BCUT2D eigenvalue weighted by Gasteiger charge is 2.38. The molecule has 118 valence electrons. The first kappa shape index (κ1) is 17.6. The highest BCUT2D eigenvalue weighted by Crippen LogP contribution is 2.14. The number of terminal acetylenes is 1. The maximum atomic E-state index is 12.0. The van der Waals surface area contributed by atoms with Crippen molar-refractivity contribution in [2.75, 3.05) is 0 Å². The first-order chi connectivity index (χ1) is 10.3. The van der Waals surface area contributed by atoms with Crippen molar-refractivity contribution in [3.05, 3.63) is 35.4 Å². The lowest BCUT2D eigenvalue weighted by Crippen LogP contribution is -2.36. The average molecular weight is 312 g/mol. The topological polar surface area (TPSA) is 58.2 Å². The van der Waals surface area contributed by atoms with Gasteiger partial charge in [-0.1, -0.05) is 24.3 Å². The minimum absolute atomic E-state index is 0.167. The van der Waals surface area contributed by atoms with Gasteiger partial charge in [0.1, 0.15) is 0 Å². The quantitative estimate of drug-likeness (QED) is 0.788. The van der Waals surface area contributed by atoms with E-state index in [1.54, 1.807) is 29.6 Å². The largest absolute Gasteiger partial charge is 0.471 e. The third kappa shape index (κ3) is 6.31. The molecule has 1 aromatic rings. The van der Waals surface area contributed by atoms with E-state index >= 15 is 0 Å². The lowest BCUT2D eigenvalue weighted by molar-refractivity contribution is -0.173. The van der Waals surface area contributed by atoms with E-state index in [0.717, 1.165) is 5.56 Å². The molecular formula is C15H15F3N2O2. The monoisotopic (exact) mass is 312 g/mol. The van der Waals surface area contributed by atoms with Gasteiger partial charge in [-0.05, 0) is 11.1 Å². The smallest absolute Gasteiger partial charge is 0.352 e. The molecular weight excluding hydrogens is 297 g/mol. The summed E-state index contributed by atoms with van der Waals surface area (Å²) in [6.45, 7) is 0.0890. The summed E-state index contributed by atoms with van der Waals surface area (Å²) < 4.78 is 36.0. The molecule has 0 aliphatic heterocycles. The van der Waals surface area contributed by atoms with Crippen molar-refractivity contribution in [2.24, 2.45) is 0 Å². The molecule has 1 rings (SSSR count). The number of hydrogen-bond donors (Lipinski definition) is 2. The van der Waals surface area contributed by atoms with Gasteiger partial charge >= 0.3 is 12.1 Å². The van der Waals surface area contributed by atoms with Crippen LogP contribution in [0, 0.1) is 12.3 Å². The Bertz CT molecular complexity index is 560. The number of carbonyl (C=O) groups is 2. The van der Waals surface area contributed by atoms with Crippen molar-refractivity contribution in [3.63, 3.8) is 0 Å². The summed E-state index contributed by atoms with van der Waals surface area (Å²) >= 11 is 0. The van der Waals surface area contributed by atoms with E-state index in [1.165, 1.54) is 0 Å². The molecule has 2 N–H and O–H groups in total. The Kier molecular flexibility index (Phi) is 6.45. The van der Waals surface area contributed by atoms with Crippen molar-refractivity contribution in [2.45, 2.75) is 32.1 Å². The number of alkyl halides is 3. The van der Waals surface area contributed by atoms with Gasteiger partial charge in [0.15, 0.2) is 0 Å². The second kappa shape index (κ2) is 8.08. The maximum absolute atomic E-state index is 12.0. The molecule has 0 aliphatic rings. The van der Waals surface area contributed by atoms with Crippen LogP contribution in [0.25, 0.3) is 0 Å². The zero-order valence-corrected chi connectivity index (χ0v) is 11.7. The van der Waals surface area contributed by atoms with Gasteiger partial charge in [-0.3, -0.25) is 9.59 Å². The number of amides is 2. The zero-order chi connectivity index (χ0) is 16.6. The van der Waals surface area contributed by atoms with Crippen LogP contribution in [-0.2, 0) is 22.7 Å². The van der Waals surface area contributed by atoms with E-state index in [9.17, 15) is 22.8 Å². The molecule has 0 heterocycles. The molecule has 2 amide bonds. The van der Waals surface area contributed by atoms with Crippen molar-refractivity contribution in [1.29, 1.82) is 0 Å². The van der Waals surface area contributed by atoms with E-state index in [2.05, 4.69) is 11.2 Å². The molecule has 7 heteroatoms. The van der Waals surface area contributed by atoms with Crippen molar-refractivity contribution >= 4 is 11.8 Å². The van der Waals surface area contributed by atoms with Crippen molar-refractivity contribution in [1.82, 2.24) is 10.6 Å². The van der Waals surface area contributed by atoms with Gasteiger partial charge in [0.25, 0.3) is 0 Å². The van der Waals surface area contributed by atoms with Gasteiger partial charge in [0.05, 0.1) is 0 Å². The Morgan fingerprint density at radius 2 is 1.55 bits per heavy atom. The molecule has 0 aliphatic carbocycles. The summed E-state index contributed by atoms with van der Waals surface area (Å²) in [6.07, 6.45) is 0.774. The molecule has 0 radical (unpaired) electrons. The number of nitrogens with one attached hydrogen (secondary N) is 2. The number of halogens is 3. The fourth-order valence-corrected chi connectivity index (χ4v) is 1.53. The molecule has 0 bridgehead atoms. The SMILES string of the molecule is C#CCCC(=O)NCc1ccc(CNC(=O)C(F)(F)F)cc1. The highest BCUT2D eigenvalue weighted by molar-refractivity contribution is 5.81. The fraction of sp³-hybridized carbons (Fsp3) is 0.333. The number of benzene rings is 1. The normalized spacial score (nSPS) is 10.6. The summed E-state index contributed by atoms with van der Waals surface area (Å²) in [6, 6.07) is 6.49. The lowest BCUT2D eigenvalue weighted by Gasteiger charge is -2.09. The van der Waals surface area contributed by atoms with Gasteiger partial charge in [-0.15, -0.1) is 12.3 Å². The minimum Gasteiger partial charge on any atom is -0.352 e. The molecule has 0 saturated heterocycles. The van der Waals surface area contributed by atoms with Crippen LogP contribution < -0.4 is 10.6 Å². The Labute approximate surface area is 126 Å². The standard InChI is InChI=1S/C15H15F3N2O2/c1-2-3-4-13(21)19-9-11-5-7-12(8-6-11)10-20-14(22)15(16,17)18/h1,5-8H,3-4,9-10H2,(H,19,21)(H,20,22). The van der Waals surface area contributed by atoms with Gasteiger partial charge < -0.3 is 10.6 Å². The highest BCUT2D eigenvalue weighted by atomic mass is 19.4. The van der Waals surface area contributed by atoms with Crippen LogP contribution in [0.3, 0.4) is 0 Å².